The lowest BCUT2D eigenvalue weighted by Crippen LogP contribution is -2.20. The molecule has 4 atom stereocenters. The van der Waals surface area contributed by atoms with Crippen molar-refractivity contribution in [3.63, 3.8) is 0 Å². The average molecular weight is 207 g/mol. The molecule has 3 fully saturated rings. The summed E-state index contributed by atoms with van der Waals surface area (Å²) in [6.07, 6.45) is 7.12. The third-order valence-corrected chi connectivity index (χ3v) is 5.09. The van der Waals surface area contributed by atoms with Crippen molar-refractivity contribution in [2.45, 2.75) is 37.6 Å². The molecular weight excluding hydrogens is 188 g/mol. The Balaban J connectivity index is 1.42. The zero-order valence-electron chi connectivity index (χ0n) is 8.74. The largest absolute Gasteiger partial charge is 0.381 e. The minimum atomic E-state index is 0.819. The molecule has 0 aromatic heterocycles. The van der Waals surface area contributed by atoms with Gasteiger partial charge in [0.2, 0.25) is 0 Å². The van der Waals surface area contributed by atoms with Gasteiger partial charge in [-0.05, 0) is 54.9 Å². The lowest BCUT2D eigenvalue weighted by atomic mass is 9.89. The van der Waals surface area contributed by atoms with E-state index in [0.29, 0.717) is 0 Å². The van der Waals surface area contributed by atoms with Crippen molar-refractivity contribution in [2.24, 2.45) is 23.7 Å². The van der Waals surface area contributed by atoms with Crippen molar-refractivity contribution in [2.75, 3.05) is 13.2 Å². The Morgan fingerprint density at radius 2 is 1.86 bits per heavy atom. The minimum Gasteiger partial charge on any atom is -0.381 e. The highest BCUT2D eigenvalue weighted by Crippen LogP contribution is 2.53. The first-order valence-electron chi connectivity index (χ1n) is 6.12. The third-order valence-electron chi connectivity index (χ3n) is 4.39. The number of fused-ring (bicyclic) bond motifs is 2. The maximum Gasteiger partial charge on any atom is 0.0497 e. The van der Waals surface area contributed by atoms with Crippen LogP contribution < -0.4 is 0 Å². The molecule has 3 rings (SSSR count). The number of hydrogen-bond acceptors (Lipinski definition) is 1. The molecular formula is C12H19OSi. The van der Waals surface area contributed by atoms with E-state index in [1.165, 1.54) is 32.1 Å². The van der Waals surface area contributed by atoms with Gasteiger partial charge in [-0.15, -0.1) is 0 Å². The molecule has 4 unspecified atom stereocenters. The molecule has 2 bridgehead atoms. The van der Waals surface area contributed by atoms with E-state index in [2.05, 4.69) is 10.2 Å². The predicted molar refractivity (Wildman–Crippen MR) is 57.4 cm³/mol. The summed E-state index contributed by atoms with van der Waals surface area (Å²) in [5, 5.41) is 0. The highest BCUT2D eigenvalue weighted by molar-refractivity contribution is 6.12. The van der Waals surface area contributed by atoms with E-state index in [4.69, 9.17) is 4.74 Å². The van der Waals surface area contributed by atoms with Crippen LogP contribution in [0.4, 0.5) is 0 Å². The number of ether oxygens (including phenoxy) is 1. The first kappa shape index (κ1) is 9.41. The van der Waals surface area contributed by atoms with Crippen molar-refractivity contribution in [1.29, 1.82) is 0 Å². The molecule has 0 amide bonds. The summed E-state index contributed by atoms with van der Waals surface area (Å²) in [6, 6.07) is 0. The molecule has 3 radical (unpaired) electrons. The van der Waals surface area contributed by atoms with Crippen LogP contribution in [0.15, 0.2) is 0 Å². The second-order valence-electron chi connectivity index (χ2n) is 5.57. The van der Waals surface area contributed by atoms with Gasteiger partial charge in [-0.3, -0.25) is 0 Å². The van der Waals surface area contributed by atoms with E-state index in [1.54, 1.807) is 0 Å². The van der Waals surface area contributed by atoms with Crippen molar-refractivity contribution in [1.82, 2.24) is 0 Å². The Labute approximate surface area is 90.0 Å². The summed E-state index contributed by atoms with van der Waals surface area (Å²) >= 11 is 0. The highest BCUT2D eigenvalue weighted by atomic mass is 28.1. The van der Waals surface area contributed by atoms with Crippen LogP contribution in [0.5, 0.6) is 0 Å². The standard InChI is InChI=1S/C12H19OSi/c14-12-5-9-3-10(12)4-11(9)7-13-6-8-1-2-8/h8-12H,1-7H2. The number of hydrogen-bond donors (Lipinski definition) is 0. The summed E-state index contributed by atoms with van der Waals surface area (Å²) in [6.45, 7) is 2.10. The fourth-order valence-electron chi connectivity index (χ4n) is 3.27. The lowest BCUT2D eigenvalue weighted by molar-refractivity contribution is 0.0719. The average Bonchev–Trinajstić information content (AvgIpc) is 2.80. The first-order valence-corrected chi connectivity index (χ1v) is 6.69. The summed E-state index contributed by atoms with van der Waals surface area (Å²) in [5.41, 5.74) is 0.819. The second kappa shape index (κ2) is 3.64. The van der Waals surface area contributed by atoms with Crippen LogP contribution in [-0.4, -0.2) is 23.5 Å². The van der Waals surface area contributed by atoms with Gasteiger partial charge in [0, 0.05) is 23.5 Å². The van der Waals surface area contributed by atoms with Gasteiger partial charge in [-0.25, -0.2) is 0 Å². The van der Waals surface area contributed by atoms with Crippen LogP contribution in [0.3, 0.4) is 0 Å². The predicted octanol–water partition coefficient (Wildman–Crippen LogP) is 2.42. The van der Waals surface area contributed by atoms with E-state index in [9.17, 15) is 0 Å². The van der Waals surface area contributed by atoms with E-state index in [0.717, 1.165) is 42.4 Å². The fourth-order valence-corrected chi connectivity index (χ4v) is 3.84. The molecule has 2 heteroatoms. The molecule has 0 aromatic rings. The zero-order chi connectivity index (χ0) is 9.54. The Morgan fingerprint density at radius 3 is 2.43 bits per heavy atom. The molecule has 0 spiro atoms. The second-order valence-corrected chi connectivity index (χ2v) is 6.32. The fraction of sp³-hybridized carbons (Fsp3) is 1.00. The van der Waals surface area contributed by atoms with Crippen LogP contribution in [0.2, 0.25) is 5.54 Å². The maximum atomic E-state index is 5.81. The van der Waals surface area contributed by atoms with E-state index >= 15 is 0 Å². The molecule has 1 nitrogen and oxygen atoms in total. The SMILES string of the molecule is [Si]C1CC2CC1CC2COCC1CC1. The Bertz CT molecular complexity index is 212. The minimum absolute atomic E-state index is 0.819. The van der Waals surface area contributed by atoms with Crippen LogP contribution in [0.25, 0.3) is 0 Å². The van der Waals surface area contributed by atoms with Crippen molar-refractivity contribution in [3.05, 3.63) is 0 Å². The van der Waals surface area contributed by atoms with Crippen LogP contribution in [0.1, 0.15) is 32.1 Å². The monoisotopic (exact) mass is 207 g/mol. The smallest absolute Gasteiger partial charge is 0.0497 e. The van der Waals surface area contributed by atoms with Crippen LogP contribution in [0, 0.1) is 23.7 Å². The van der Waals surface area contributed by atoms with Gasteiger partial charge in [-0.1, -0.05) is 6.42 Å². The van der Waals surface area contributed by atoms with Crippen molar-refractivity contribution < 1.29 is 4.74 Å². The van der Waals surface area contributed by atoms with Crippen LogP contribution in [-0.2, 0) is 4.74 Å². The molecule has 0 N–H and O–H groups in total. The van der Waals surface area contributed by atoms with E-state index in [1.807, 2.05) is 0 Å². The Morgan fingerprint density at radius 1 is 1.00 bits per heavy atom. The summed E-state index contributed by atoms with van der Waals surface area (Å²) in [7, 11) is 3.83. The lowest BCUT2D eigenvalue weighted by Gasteiger charge is -2.25. The number of rotatable bonds is 4. The van der Waals surface area contributed by atoms with Gasteiger partial charge in [0.1, 0.15) is 0 Å². The van der Waals surface area contributed by atoms with Gasteiger partial charge < -0.3 is 4.74 Å². The maximum absolute atomic E-state index is 5.81. The molecule has 3 aliphatic carbocycles. The van der Waals surface area contributed by atoms with Gasteiger partial charge in [0.15, 0.2) is 0 Å². The van der Waals surface area contributed by atoms with E-state index in [-0.39, 0.29) is 0 Å². The molecule has 14 heavy (non-hydrogen) atoms. The van der Waals surface area contributed by atoms with Crippen LogP contribution >= 0.6 is 0 Å². The molecule has 77 valence electrons. The first-order chi connectivity index (χ1) is 6.83. The summed E-state index contributed by atoms with van der Waals surface area (Å²) in [5.74, 6) is 3.76. The van der Waals surface area contributed by atoms with E-state index < -0.39 is 0 Å². The quantitative estimate of drug-likeness (QED) is 0.643. The molecule has 0 aliphatic heterocycles. The molecule has 3 saturated carbocycles. The highest BCUT2D eigenvalue weighted by Gasteiger charge is 2.43. The van der Waals surface area contributed by atoms with Gasteiger partial charge >= 0.3 is 0 Å². The summed E-state index contributed by atoms with van der Waals surface area (Å²) in [4.78, 5) is 0. The zero-order valence-corrected chi connectivity index (χ0v) is 9.74. The van der Waals surface area contributed by atoms with Crippen molar-refractivity contribution in [3.8, 4) is 0 Å². The van der Waals surface area contributed by atoms with Crippen molar-refractivity contribution >= 4 is 10.2 Å². The molecule has 0 aromatic carbocycles. The molecule has 0 heterocycles. The third kappa shape index (κ3) is 1.79. The van der Waals surface area contributed by atoms with Gasteiger partial charge in [0.05, 0.1) is 0 Å². The Hall–Kier alpha value is 0.177. The molecule has 0 saturated heterocycles. The Kier molecular flexibility index (Phi) is 2.44. The normalized spacial score (nSPS) is 46.1. The summed E-state index contributed by atoms with van der Waals surface area (Å²) < 4.78 is 5.81. The topological polar surface area (TPSA) is 9.23 Å². The van der Waals surface area contributed by atoms with Gasteiger partial charge in [-0.2, -0.15) is 0 Å². The van der Waals surface area contributed by atoms with Gasteiger partial charge in [0.25, 0.3) is 0 Å². The molecule has 3 aliphatic rings.